The van der Waals surface area contributed by atoms with E-state index < -0.39 is 0 Å². The van der Waals surface area contributed by atoms with E-state index in [1.807, 2.05) is 11.8 Å². The maximum atomic E-state index is 13.2. The van der Waals surface area contributed by atoms with Gasteiger partial charge in [-0.1, -0.05) is 42.5 Å². The van der Waals surface area contributed by atoms with Gasteiger partial charge in [-0.25, -0.2) is 9.37 Å². The Morgan fingerprint density at radius 2 is 1.70 bits per heavy atom. The van der Waals surface area contributed by atoms with Crippen LogP contribution in [0.25, 0.3) is 10.8 Å². The van der Waals surface area contributed by atoms with Crippen LogP contribution >= 0.6 is 11.3 Å². The number of hydrogen-bond acceptors (Lipinski definition) is 4. The standard InChI is InChI=1S/C27H26FN3OS/c1-19-25(33-26(29-19)17-21-7-4-6-20-5-2-3-8-24(20)21)18-27(32)31-15-13-30(14-16-31)23-11-9-22(28)10-12-23/h2-12H,13-18H2,1H3. The van der Waals surface area contributed by atoms with Crippen molar-refractivity contribution < 1.29 is 9.18 Å². The van der Waals surface area contributed by atoms with Gasteiger partial charge in [0.2, 0.25) is 5.91 Å². The summed E-state index contributed by atoms with van der Waals surface area (Å²) in [5.74, 6) is -0.0791. The molecule has 1 aliphatic rings. The molecule has 0 bridgehead atoms. The lowest BCUT2D eigenvalue weighted by atomic mass is 10.0. The minimum absolute atomic E-state index is 0.150. The number of rotatable bonds is 5. The van der Waals surface area contributed by atoms with E-state index in [1.165, 1.54) is 28.5 Å². The summed E-state index contributed by atoms with van der Waals surface area (Å²) in [6.45, 7) is 4.86. The van der Waals surface area contributed by atoms with Crippen molar-refractivity contribution in [3.63, 3.8) is 0 Å². The lowest BCUT2D eigenvalue weighted by Crippen LogP contribution is -2.49. The molecular formula is C27H26FN3OS. The molecule has 3 aromatic carbocycles. The maximum Gasteiger partial charge on any atom is 0.228 e. The number of carbonyl (C=O) groups is 1. The Morgan fingerprint density at radius 1 is 0.970 bits per heavy atom. The molecular weight excluding hydrogens is 433 g/mol. The normalized spacial score (nSPS) is 14.1. The average Bonchev–Trinajstić information content (AvgIpc) is 3.18. The van der Waals surface area contributed by atoms with E-state index in [1.54, 1.807) is 23.5 Å². The SMILES string of the molecule is Cc1nc(Cc2cccc3ccccc23)sc1CC(=O)N1CCN(c2ccc(F)cc2)CC1. The summed E-state index contributed by atoms with van der Waals surface area (Å²) in [4.78, 5) is 22.9. The molecule has 0 aliphatic carbocycles. The maximum absolute atomic E-state index is 13.2. The van der Waals surface area contributed by atoms with Gasteiger partial charge in [-0.05, 0) is 47.5 Å². The molecule has 0 radical (unpaired) electrons. The minimum Gasteiger partial charge on any atom is -0.368 e. The third-order valence-corrected chi connectivity index (χ3v) is 7.45. The van der Waals surface area contributed by atoms with E-state index in [0.29, 0.717) is 19.5 Å². The number of aryl methyl sites for hydroxylation is 1. The monoisotopic (exact) mass is 459 g/mol. The van der Waals surface area contributed by atoms with Gasteiger partial charge in [0, 0.05) is 43.2 Å². The fourth-order valence-electron chi connectivity index (χ4n) is 4.45. The molecule has 1 aliphatic heterocycles. The molecule has 5 rings (SSSR count). The summed E-state index contributed by atoms with van der Waals surface area (Å²) in [6, 6.07) is 21.3. The molecule has 1 fully saturated rings. The van der Waals surface area contributed by atoms with Crippen LogP contribution in [0.1, 0.15) is 21.1 Å². The van der Waals surface area contributed by atoms with Crippen molar-refractivity contribution in [3.05, 3.63) is 93.7 Å². The second-order valence-electron chi connectivity index (χ2n) is 8.45. The van der Waals surface area contributed by atoms with E-state index in [2.05, 4.69) is 47.4 Å². The largest absolute Gasteiger partial charge is 0.368 e. The van der Waals surface area contributed by atoms with Crippen molar-refractivity contribution in [1.29, 1.82) is 0 Å². The molecule has 0 saturated carbocycles. The minimum atomic E-state index is -0.229. The van der Waals surface area contributed by atoms with Crippen LogP contribution in [0.2, 0.25) is 0 Å². The van der Waals surface area contributed by atoms with Crippen molar-refractivity contribution in [2.24, 2.45) is 0 Å². The number of piperazine rings is 1. The molecule has 33 heavy (non-hydrogen) atoms. The Balaban J connectivity index is 1.22. The van der Waals surface area contributed by atoms with E-state index >= 15 is 0 Å². The highest BCUT2D eigenvalue weighted by Gasteiger charge is 2.23. The first kappa shape index (κ1) is 21.6. The van der Waals surface area contributed by atoms with Gasteiger partial charge in [-0.2, -0.15) is 0 Å². The highest BCUT2D eigenvalue weighted by Crippen LogP contribution is 2.26. The second kappa shape index (κ2) is 9.32. The summed E-state index contributed by atoms with van der Waals surface area (Å²) < 4.78 is 13.2. The van der Waals surface area contributed by atoms with Gasteiger partial charge in [0.1, 0.15) is 5.82 Å². The number of halogens is 1. The number of thiazole rings is 1. The number of aromatic nitrogens is 1. The molecule has 1 amide bonds. The van der Waals surface area contributed by atoms with Crippen molar-refractivity contribution >= 4 is 33.7 Å². The van der Waals surface area contributed by atoms with Gasteiger partial charge in [-0.3, -0.25) is 4.79 Å². The van der Waals surface area contributed by atoms with Crippen LogP contribution in [0.15, 0.2) is 66.7 Å². The zero-order valence-corrected chi connectivity index (χ0v) is 19.4. The smallest absolute Gasteiger partial charge is 0.228 e. The fourth-order valence-corrected chi connectivity index (χ4v) is 5.54. The quantitative estimate of drug-likeness (QED) is 0.410. The summed E-state index contributed by atoms with van der Waals surface area (Å²) >= 11 is 1.65. The molecule has 168 valence electrons. The number of hydrogen-bond donors (Lipinski definition) is 0. The van der Waals surface area contributed by atoms with Crippen LogP contribution in [-0.4, -0.2) is 42.0 Å². The van der Waals surface area contributed by atoms with Crippen LogP contribution in [-0.2, 0) is 17.6 Å². The number of carbonyl (C=O) groups excluding carboxylic acids is 1. The highest BCUT2D eigenvalue weighted by atomic mass is 32.1. The predicted octanol–water partition coefficient (Wildman–Crippen LogP) is 5.23. The van der Waals surface area contributed by atoms with Gasteiger partial charge >= 0.3 is 0 Å². The van der Waals surface area contributed by atoms with Crippen LogP contribution in [0.5, 0.6) is 0 Å². The molecule has 1 saturated heterocycles. The summed E-state index contributed by atoms with van der Waals surface area (Å²) in [7, 11) is 0. The predicted molar refractivity (Wildman–Crippen MR) is 133 cm³/mol. The first-order valence-electron chi connectivity index (χ1n) is 11.3. The molecule has 0 spiro atoms. The first-order chi connectivity index (χ1) is 16.1. The fraction of sp³-hybridized carbons (Fsp3) is 0.259. The number of fused-ring (bicyclic) bond motifs is 1. The molecule has 0 unspecified atom stereocenters. The Morgan fingerprint density at radius 3 is 2.48 bits per heavy atom. The third kappa shape index (κ3) is 4.76. The Hall–Kier alpha value is -3.25. The Labute approximate surface area is 197 Å². The Kier molecular flexibility index (Phi) is 6.09. The first-order valence-corrected chi connectivity index (χ1v) is 12.1. The highest BCUT2D eigenvalue weighted by molar-refractivity contribution is 7.11. The number of amides is 1. The topological polar surface area (TPSA) is 36.4 Å². The summed E-state index contributed by atoms with van der Waals surface area (Å²) in [5, 5.41) is 3.54. The lowest BCUT2D eigenvalue weighted by molar-refractivity contribution is -0.130. The number of anilines is 1. The van der Waals surface area contributed by atoms with Crippen molar-refractivity contribution in [3.8, 4) is 0 Å². The molecule has 4 aromatic rings. The molecule has 1 aromatic heterocycles. The van der Waals surface area contributed by atoms with Crippen molar-refractivity contribution in [2.75, 3.05) is 31.1 Å². The number of benzene rings is 3. The van der Waals surface area contributed by atoms with Crippen molar-refractivity contribution in [1.82, 2.24) is 9.88 Å². The second-order valence-corrected chi connectivity index (χ2v) is 9.62. The van der Waals surface area contributed by atoms with Crippen LogP contribution < -0.4 is 4.90 Å². The molecule has 2 heterocycles. The summed E-state index contributed by atoms with van der Waals surface area (Å²) in [6.07, 6.45) is 1.17. The van der Waals surface area contributed by atoms with Crippen LogP contribution in [0, 0.1) is 12.7 Å². The van der Waals surface area contributed by atoms with Gasteiger partial charge < -0.3 is 9.80 Å². The van der Waals surface area contributed by atoms with Crippen LogP contribution in [0.3, 0.4) is 0 Å². The van der Waals surface area contributed by atoms with E-state index in [0.717, 1.165) is 40.8 Å². The lowest BCUT2D eigenvalue weighted by Gasteiger charge is -2.36. The zero-order valence-electron chi connectivity index (χ0n) is 18.6. The van der Waals surface area contributed by atoms with Gasteiger partial charge in [0.15, 0.2) is 0 Å². The van der Waals surface area contributed by atoms with Crippen LogP contribution in [0.4, 0.5) is 10.1 Å². The van der Waals surface area contributed by atoms with E-state index in [-0.39, 0.29) is 11.7 Å². The van der Waals surface area contributed by atoms with Crippen molar-refractivity contribution in [2.45, 2.75) is 19.8 Å². The third-order valence-electron chi connectivity index (χ3n) is 6.29. The van der Waals surface area contributed by atoms with Gasteiger partial charge in [0.25, 0.3) is 0 Å². The average molecular weight is 460 g/mol. The van der Waals surface area contributed by atoms with Gasteiger partial charge in [-0.15, -0.1) is 11.3 Å². The molecule has 0 N–H and O–H groups in total. The zero-order chi connectivity index (χ0) is 22.8. The van der Waals surface area contributed by atoms with E-state index in [4.69, 9.17) is 4.98 Å². The molecule has 4 nitrogen and oxygen atoms in total. The number of nitrogens with zero attached hydrogens (tertiary/aromatic N) is 3. The van der Waals surface area contributed by atoms with Gasteiger partial charge in [0.05, 0.1) is 17.1 Å². The van der Waals surface area contributed by atoms with E-state index in [9.17, 15) is 9.18 Å². The molecule has 0 atom stereocenters. The Bertz CT molecular complexity index is 1270. The molecule has 6 heteroatoms. The summed E-state index contributed by atoms with van der Waals surface area (Å²) in [5.41, 5.74) is 3.21.